The van der Waals surface area contributed by atoms with E-state index in [2.05, 4.69) is 182 Å². The summed E-state index contributed by atoms with van der Waals surface area (Å²) in [7, 11) is -6.50. The molecule has 7 rings (SSSR count). The third kappa shape index (κ3) is 11.2. The molecule has 0 aliphatic carbocycles. The van der Waals surface area contributed by atoms with Crippen LogP contribution in [0.4, 0.5) is 0 Å². The van der Waals surface area contributed by atoms with Crippen molar-refractivity contribution in [3.05, 3.63) is 182 Å². The average Bonchev–Trinajstić information content (AvgIpc) is 3.25. The van der Waals surface area contributed by atoms with Gasteiger partial charge in [-0.05, 0) is 0 Å². The van der Waals surface area contributed by atoms with Gasteiger partial charge < -0.3 is 0 Å². The van der Waals surface area contributed by atoms with Crippen LogP contribution in [0.15, 0.2) is 182 Å². The number of benzene rings is 6. The summed E-state index contributed by atoms with van der Waals surface area (Å²) in [5.41, 5.74) is 0. The molecule has 1 fully saturated rings. The second-order valence-corrected chi connectivity index (χ2v) is 107. The maximum atomic E-state index is 2.65. The fraction of sp³-hybridized carbons (Fsp3) is 0.250. The number of hydrogen-bond acceptors (Lipinski definition) is 0. The summed E-state index contributed by atoms with van der Waals surface area (Å²) < 4.78 is 10.8. The first-order valence-corrected chi connectivity index (χ1v) is 54.2. The first kappa shape index (κ1) is 40.9. The average molecular weight is 1080 g/mol. The molecule has 0 nitrogen and oxygen atoms in total. The van der Waals surface area contributed by atoms with Crippen LogP contribution in [0.3, 0.4) is 0 Å². The van der Waals surface area contributed by atoms with Gasteiger partial charge in [-0.3, -0.25) is 0 Å². The van der Waals surface area contributed by atoms with Crippen molar-refractivity contribution in [2.45, 2.75) is 74.6 Å². The maximum absolute atomic E-state index is 2.65. The molecular weight excluding hydrogens is 1030 g/mol. The second kappa shape index (κ2) is 22.6. The van der Waals surface area contributed by atoms with Gasteiger partial charge in [0, 0.05) is 0 Å². The predicted molar refractivity (Wildman–Crippen MR) is 247 cm³/mol. The molecule has 6 atom stereocenters. The van der Waals surface area contributed by atoms with Gasteiger partial charge in [0.2, 0.25) is 0 Å². The fourth-order valence-corrected chi connectivity index (χ4v) is 411. The van der Waals surface area contributed by atoms with Gasteiger partial charge in [-0.15, -0.1) is 0 Å². The summed E-state index contributed by atoms with van der Waals surface area (Å²) in [6.45, 7) is 0. The molecule has 0 N–H and O–H groups in total. The third-order valence-corrected chi connectivity index (χ3v) is 218. The molecule has 0 radical (unpaired) electrons. The first-order chi connectivity index (χ1) is 26.9. The Morgan fingerprint density at radius 2 is 0.407 bits per heavy atom. The van der Waals surface area contributed by atoms with Gasteiger partial charge in [0.25, 0.3) is 0 Å². The van der Waals surface area contributed by atoms with Crippen molar-refractivity contribution in [3.8, 4) is 0 Å². The van der Waals surface area contributed by atoms with Crippen LogP contribution in [0.2, 0.25) is 10.4 Å². The van der Waals surface area contributed by atoms with Gasteiger partial charge in [0.05, 0.1) is 0 Å². The quantitative estimate of drug-likeness (QED) is 0.150. The number of hydrogen-bond donors (Lipinski definition) is 0. The van der Waals surface area contributed by atoms with E-state index in [1.807, 2.05) is 17.4 Å². The molecule has 1 aliphatic heterocycles. The van der Waals surface area contributed by atoms with E-state index in [0.717, 1.165) is 0 Å². The molecule has 0 spiro atoms. The number of rotatable bonds is 6. The molecule has 1 saturated heterocycles. The monoisotopic (exact) mass is 1080 g/mol. The van der Waals surface area contributed by atoms with Crippen LogP contribution in [0, 0.1) is 0 Å². The molecule has 6 aromatic rings. The van der Waals surface area contributed by atoms with Gasteiger partial charge >= 0.3 is 350 Å². The minimum atomic E-state index is -1.66. The Balaban J connectivity index is 1.51. The molecule has 54 heavy (non-hydrogen) atoms. The van der Waals surface area contributed by atoms with E-state index in [9.17, 15) is 0 Å². The van der Waals surface area contributed by atoms with Crippen LogP contribution >= 0.6 is 0 Å². The SMILES string of the molecule is c1ccc([As]2CCCCCCCCCCCC[As](c3ccccc3)[As](c3ccccc3)[As](c3ccccc3)[As](c3ccccc3)[As]2c2ccccc2)cc1. The van der Waals surface area contributed by atoms with Crippen molar-refractivity contribution >= 4 is 93.4 Å². The minimum absolute atomic E-state index is 1.42. The van der Waals surface area contributed by atoms with E-state index in [4.69, 9.17) is 0 Å². The molecule has 6 heteroatoms. The van der Waals surface area contributed by atoms with Crippen LogP contribution in [0.5, 0.6) is 0 Å². The molecule has 276 valence electrons. The van der Waals surface area contributed by atoms with Crippen molar-refractivity contribution in [1.29, 1.82) is 0 Å². The van der Waals surface area contributed by atoms with Crippen molar-refractivity contribution in [2.24, 2.45) is 0 Å². The van der Waals surface area contributed by atoms with Crippen molar-refractivity contribution in [1.82, 2.24) is 0 Å². The Labute approximate surface area is 346 Å². The van der Waals surface area contributed by atoms with Crippen molar-refractivity contribution in [3.63, 3.8) is 0 Å². The standard InChI is InChI=1S/C48H54As6/c1-2-4-6-8-28-42-50(44-31-17-10-18-32-44)52(46-35-21-12-22-36-46)54(48-39-25-14-26-40-48)53(47-37-23-13-24-38-47)51(45-33-19-11-20-34-45)49(41-27-7-5-3-1)43-29-15-9-16-30-43/h9-26,29-40H,1-8,27-28,41-42H2. The zero-order valence-corrected chi connectivity index (χ0v) is 42.7. The van der Waals surface area contributed by atoms with Gasteiger partial charge in [-0.25, -0.2) is 0 Å². The zero-order valence-electron chi connectivity index (χ0n) is 31.5. The Bertz CT molecular complexity index is 1750. The van der Waals surface area contributed by atoms with Crippen LogP contribution in [-0.2, 0) is 0 Å². The zero-order chi connectivity index (χ0) is 36.6. The van der Waals surface area contributed by atoms with E-state index >= 15 is 0 Å². The Morgan fingerprint density at radius 3 is 0.667 bits per heavy atom. The summed E-state index contributed by atoms with van der Waals surface area (Å²) in [6.07, 6.45) is 14.2. The summed E-state index contributed by atoms with van der Waals surface area (Å²) in [6, 6.07) is 73.9. The summed E-state index contributed by atoms with van der Waals surface area (Å²) in [4.78, 5) is 0. The molecule has 0 bridgehead atoms. The van der Waals surface area contributed by atoms with E-state index in [1.54, 1.807) is 8.70 Å². The molecule has 6 aromatic carbocycles. The topological polar surface area (TPSA) is 0 Å². The Morgan fingerprint density at radius 1 is 0.204 bits per heavy atom. The Kier molecular flexibility index (Phi) is 17.1. The van der Waals surface area contributed by atoms with Crippen LogP contribution in [0.25, 0.3) is 0 Å². The van der Waals surface area contributed by atoms with Crippen LogP contribution in [-0.4, -0.2) is 67.2 Å². The molecule has 0 saturated carbocycles. The van der Waals surface area contributed by atoms with E-state index in [0.29, 0.717) is 0 Å². The molecule has 0 aromatic heterocycles. The van der Waals surface area contributed by atoms with Crippen molar-refractivity contribution in [2.75, 3.05) is 0 Å². The third-order valence-electron chi connectivity index (χ3n) is 10.0. The summed E-state index contributed by atoms with van der Waals surface area (Å²) in [5, 5.41) is 2.97. The second-order valence-electron chi connectivity index (χ2n) is 14.0. The van der Waals surface area contributed by atoms with Crippen molar-refractivity contribution < 1.29 is 0 Å². The molecule has 6 unspecified atom stereocenters. The van der Waals surface area contributed by atoms with Gasteiger partial charge in [-0.1, -0.05) is 0 Å². The molecule has 0 amide bonds. The van der Waals surface area contributed by atoms with E-state index in [1.165, 1.54) is 74.6 Å². The normalized spacial score (nSPS) is 23.8. The van der Waals surface area contributed by atoms with E-state index in [-0.39, 0.29) is 0 Å². The Hall–Kier alpha value is -1.33. The molecule has 1 heterocycles. The van der Waals surface area contributed by atoms with Crippen LogP contribution in [0.1, 0.15) is 64.2 Å². The summed E-state index contributed by atoms with van der Waals surface area (Å²) in [5.74, 6) is 0. The molecular formula is C48H54As6. The van der Waals surface area contributed by atoms with Gasteiger partial charge in [-0.2, -0.15) is 0 Å². The fourth-order valence-electron chi connectivity index (χ4n) is 7.35. The first-order valence-electron chi connectivity index (χ1n) is 19.9. The van der Waals surface area contributed by atoms with E-state index < -0.39 is 67.2 Å². The van der Waals surface area contributed by atoms with Gasteiger partial charge in [0.15, 0.2) is 0 Å². The molecule has 1 aliphatic rings. The van der Waals surface area contributed by atoms with Crippen LogP contribution < -0.4 is 26.1 Å². The van der Waals surface area contributed by atoms with Gasteiger partial charge in [0.1, 0.15) is 0 Å². The summed E-state index contributed by atoms with van der Waals surface area (Å²) >= 11 is -2.93. The predicted octanol–water partition coefficient (Wildman–Crippen LogP) is 7.71.